The van der Waals surface area contributed by atoms with Crippen molar-refractivity contribution in [2.75, 3.05) is 42.6 Å². The summed E-state index contributed by atoms with van der Waals surface area (Å²) >= 11 is 6.74. The van der Waals surface area contributed by atoms with Gasteiger partial charge in [-0.2, -0.15) is 0 Å². The Morgan fingerprint density at radius 2 is 1.94 bits per heavy atom. The molecule has 4 N–H and O–H groups in total. The van der Waals surface area contributed by atoms with Crippen molar-refractivity contribution in [3.05, 3.63) is 29.2 Å². The van der Waals surface area contributed by atoms with Gasteiger partial charge in [0.2, 0.25) is 0 Å². The largest absolute Gasteiger partial charge is 0.396 e. The van der Waals surface area contributed by atoms with Crippen LogP contribution in [0.4, 0.5) is 11.6 Å². The number of aromatic nitrogens is 3. The zero-order valence-corrected chi connectivity index (χ0v) is 19.6. The van der Waals surface area contributed by atoms with Crippen molar-refractivity contribution in [2.24, 2.45) is 17.1 Å². The van der Waals surface area contributed by atoms with Crippen molar-refractivity contribution < 1.29 is 10.2 Å². The molecule has 0 aromatic carbocycles. The standard InChI is InChI=1S/C23H33ClN6O2/c1-15(25)23(2)5-9-29(10-6-23)21-19(14-32)28-18(11-27-21)17-3-7-26-22(20(17)24)30-8-4-16(12-30)13-31/h3,7,11,15-16,31-32H,4-6,8-10,12-14,25H2,1-2H3. The maximum Gasteiger partial charge on any atom is 0.152 e. The molecule has 0 bridgehead atoms. The summed E-state index contributed by atoms with van der Waals surface area (Å²) in [5, 5.41) is 20.0. The Morgan fingerprint density at radius 1 is 1.19 bits per heavy atom. The summed E-state index contributed by atoms with van der Waals surface area (Å²) in [6.07, 6.45) is 6.31. The van der Waals surface area contributed by atoms with Crippen molar-refractivity contribution in [3.63, 3.8) is 0 Å². The van der Waals surface area contributed by atoms with Crippen LogP contribution in [-0.4, -0.2) is 64.0 Å². The number of nitrogens with two attached hydrogens (primary N) is 1. The number of pyridine rings is 1. The lowest BCUT2D eigenvalue weighted by Gasteiger charge is -2.42. The van der Waals surface area contributed by atoms with Gasteiger partial charge in [0.05, 0.1) is 23.5 Å². The second-order valence-corrected chi connectivity index (χ2v) is 9.77. The van der Waals surface area contributed by atoms with Crippen LogP contribution in [0.1, 0.15) is 38.8 Å². The van der Waals surface area contributed by atoms with Gasteiger partial charge in [-0.15, -0.1) is 0 Å². The zero-order chi connectivity index (χ0) is 22.9. The lowest BCUT2D eigenvalue weighted by Crippen LogP contribution is -2.47. The second-order valence-electron chi connectivity index (χ2n) is 9.39. The number of aliphatic hydroxyl groups is 2. The quantitative estimate of drug-likeness (QED) is 0.602. The molecular formula is C23H33ClN6O2. The minimum atomic E-state index is -0.197. The summed E-state index contributed by atoms with van der Waals surface area (Å²) in [6.45, 7) is 7.49. The fourth-order valence-corrected chi connectivity index (χ4v) is 4.96. The van der Waals surface area contributed by atoms with Gasteiger partial charge < -0.3 is 25.7 Å². The first-order valence-corrected chi connectivity index (χ1v) is 11.7. The fraction of sp³-hybridized carbons (Fsp3) is 0.609. The Bertz CT molecular complexity index is 948. The topological polar surface area (TPSA) is 112 Å². The molecule has 0 saturated carbocycles. The maximum atomic E-state index is 10.0. The Balaban J connectivity index is 1.58. The van der Waals surface area contributed by atoms with Gasteiger partial charge in [-0.3, -0.25) is 0 Å². The van der Waals surface area contributed by atoms with E-state index in [9.17, 15) is 10.2 Å². The number of aliphatic hydroxyl groups excluding tert-OH is 2. The Morgan fingerprint density at radius 3 is 2.56 bits per heavy atom. The SMILES string of the molecule is CC(N)C1(C)CCN(c2ncc(-c3ccnc(N4CCC(CO)C4)c3Cl)nc2CO)CC1. The number of nitrogens with zero attached hydrogens (tertiary/aromatic N) is 5. The smallest absolute Gasteiger partial charge is 0.152 e. The van der Waals surface area contributed by atoms with Gasteiger partial charge in [-0.05, 0) is 37.7 Å². The predicted octanol–water partition coefficient (Wildman–Crippen LogP) is 2.46. The van der Waals surface area contributed by atoms with E-state index in [2.05, 4.69) is 33.6 Å². The van der Waals surface area contributed by atoms with E-state index in [0.29, 0.717) is 22.2 Å². The molecule has 8 nitrogen and oxygen atoms in total. The molecule has 0 spiro atoms. The number of rotatable bonds is 6. The lowest BCUT2D eigenvalue weighted by molar-refractivity contribution is 0.204. The first kappa shape index (κ1) is 23.2. The average Bonchev–Trinajstić information content (AvgIpc) is 3.28. The number of anilines is 2. The molecule has 32 heavy (non-hydrogen) atoms. The molecule has 0 amide bonds. The van der Waals surface area contributed by atoms with E-state index in [-0.39, 0.29) is 30.6 Å². The lowest BCUT2D eigenvalue weighted by atomic mass is 9.75. The molecular weight excluding hydrogens is 428 g/mol. The molecule has 4 heterocycles. The zero-order valence-electron chi connectivity index (χ0n) is 18.8. The van der Waals surface area contributed by atoms with Crippen LogP contribution in [0.25, 0.3) is 11.3 Å². The summed E-state index contributed by atoms with van der Waals surface area (Å²) in [4.78, 5) is 18.2. The third-order valence-electron chi connectivity index (χ3n) is 7.27. The van der Waals surface area contributed by atoms with Crippen LogP contribution in [0.2, 0.25) is 5.02 Å². The first-order chi connectivity index (χ1) is 15.4. The third kappa shape index (κ3) is 4.41. The molecule has 2 atom stereocenters. The van der Waals surface area contributed by atoms with Crippen LogP contribution < -0.4 is 15.5 Å². The van der Waals surface area contributed by atoms with E-state index >= 15 is 0 Å². The Kier molecular flexibility index (Phi) is 6.86. The second kappa shape index (κ2) is 9.47. The van der Waals surface area contributed by atoms with Gasteiger partial charge in [-0.1, -0.05) is 18.5 Å². The highest BCUT2D eigenvalue weighted by molar-refractivity contribution is 6.35. The van der Waals surface area contributed by atoms with Crippen molar-refractivity contribution in [2.45, 2.75) is 45.8 Å². The molecule has 2 aliphatic heterocycles. The summed E-state index contributed by atoms with van der Waals surface area (Å²) in [6, 6.07) is 1.97. The minimum absolute atomic E-state index is 0.120. The molecule has 2 fully saturated rings. The highest BCUT2D eigenvalue weighted by Crippen LogP contribution is 2.38. The normalized spacial score (nSPS) is 21.8. The molecule has 4 rings (SSSR count). The van der Waals surface area contributed by atoms with Crippen LogP contribution in [0.5, 0.6) is 0 Å². The van der Waals surface area contributed by atoms with Crippen LogP contribution in [0.15, 0.2) is 18.5 Å². The van der Waals surface area contributed by atoms with Crippen molar-refractivity contribution in [1.82, 2.24) is 15.0 Å². The Hall–Kier alpha value is -2.00. The minimum Gasteiger partial charge on any atom is -0.396 e. The average molecular weight is 461 g/mol. The molecule has 0 radical (unpaired) electrons. The number of halogens is 1. The number of hydrogen-bond acceptors (Lipinski definition) is 8. The van der Waals surface area contributed by atoms with E-state index in [1.807, 2.05) is 6.07 Å². The molecule has 0 aliphatic carbocycles. The van der Waals surface area contributed by atoms with E-state index in [0.717, 1.165) is 56.8 Å². The van der Waals surface area contributed by atoms with Crippen LogP contribution in [0.3, 0.4) is 0 Å². The van der Waals surface area contributed by atoms with Crippen LogP contribution in [0, 0.1) is 11.3 Å². The fourth-order valence-electron chi connectivity index (χ4n) is 4.63. The Labute approximate surface area is 194 Å². The number of hydrogen-bond donors (Lipinski definition) is 3. The molecule has 2 aliphatic rings. The molecule has 2 unspecified atom stereocenters. The van der Waals surface area contributed by atoms with Gasteiger partial charge in [0.1, 0.15) is 11.5 Å². The van der Waals surface area contributed by atoms with Gasteiger partial charge in [0, 0.05) is 56.5 Å². The van der Waals surface area contributed by atoms with Gasteiger partial charge >= 0.3 is 0 Å². The summed E-state index contributed by atoms with van der Waals surface area (Å²) < 4.78 is 0. The van der Waals surface area contributed by atoms with Crippen molar-refractivity contribution >= 4 is 23.2 Å². The van der Waals surface area contributed by atoms with Gasteiger partial charge in [-0.25, -0.2) is 15.0 Å². The number of piperidine rings is 1. The first-order valence-electron chi connectivity index (χ1n) is 11.3. The highest BCUT2D eigenvalue weighted by atomic mass is 35.5. The maximum absolute atomic E-state index is 10.0. The predicted molar refractivity (Wildman–Crippen MR) is 127 cm³/mol. The van der Waals surface area contributed by atoms with Gasteiger partial charge in [0.25, 0.3) is 0 Å². The van der Waals surface area contributed by atoms with Gasteiger partial charge in [0.15, 0.2) is 5.82 Å². The summed E-state index contributed by atoms with van der Waals surface area (Å²) in [5.41, 5.74) is 8.21. The molecule has 174 valence electrons. The third-order valence-corrected chi connectivity index (χ3v) is 7.64. The molecule has 9 heteroatoms. The summed E-state index contributed by atoms with van der Waals surface area (Å²) in [5.74, 6) is 1.66. The van der Waals surface area contributed by atoms with Crippen molar-refractivity contribution in [1.29, 1.82) is 0 Å². The molecule has 2 saturated heterocycles. The molecule has 2 aromatic rings. The van der Waals surface area contributed by atoms with E-state index in [1.165, 1.54) is 0 Å². The van der Waals surface area contributed by atoms with E-state index in [1.54, 1.807) is 12.4 Å². The van der Waals surface area contributed by atoms with Crippen molar-refractivity contribution in [3.8, 4) is 11.3 Å². The van der Waals surface area contributed by atoms with Crippen LogP contribution in [-0.2, 0) is 6.61 Å². The highest BCUT2D eigenvalue weighted by Gasteiger charge is 2.34. The monoisotopic (exact) mass is 460 g/mol. The molecule has 2 aromatic heterocycles. The van der Waals surface area contributed by atoms with E-state index < -0.39 is 0 Å². The van der Waals surface area contributed by atoms with E-state index in [4.69, 9.17) is 22.3 Å². The van der Waals surface area contributed by atoms with Crippen LogP contribution >= 0.6 is 11.6 Å². The summed E-state index contributed by atoms with van der Waals surface area (Å²) in [7, 11) is 0.